The first-order chi connectivity index (χ1) is 12.7. The van der Waals surface area contributed by atoms with Crippen molar-refractivity contribution in [2.24, 2.45) is 4.99 Å². The lowest BCUT2D eigenvalue weighted by molar-refractivity contribution is -0.157. The molecule has 1 aromatic carbocycles. The number of carbonyl (C=O) groups excluding carboxylic acids is 1. The van der Waals surface area contributed by atoms with E-state index in [2.05, 4.69) is 15.6 Å². The molecule has 1 amide bonds. The van der Waals surface area contributed by atoms with Gasteiger partial charge in [0.1, 0.15) is 13.1 Å². The highest BCUT2D eigenvalue weighted by atomic mass is 19.4. The molecule has 0 aliphatic carbocycles. The van der Waals surface area contributed by atoms with E-state index in [9.17, 15) is 18.0 Å². The molecule has 0 bridgehead atoms. The van der Waals surface area contributed by atoms with Crippen molar-refractivity contribution in [1.29, 1.82) is 0 Å². The van der Waals surface area contributed by atoms with Crippen LogP contribution >= 0.6 is 0 Å². The Labute approximate surface area is 156 Å². The van der Waals surface area contributed by atoms with Crippen molar-refractivity contribution >= 4 is 17.6 Å². The summed E-state index contributed by atoms with van der Waals surface area (Å²) in [7, 11) is 2.61. The Balaban J connectivity index is 2.85. The summed E-state index contributed by atoms with van der Waals surface area (Å²) in [6.45, 7) is 2.89. The number of nitrogens with zero attached hydrogens (tertiary/aromatic N) is 2. The van der Waals surface area contributed by atoms with Gasteiger partial charge in [-0.3, -0.25) is 4.79 Å². The van der Waals surface area contributed by atoms with Crippen LogP contribution in [0.25, 0.3) is 0 Å². The van der Waals surface area contributed by atoms with Crippen molar-refractivity contribution in [1.82, 2.24) is 10.2 Å². The number of amides is 1. The van der Waals surface area contributed by atoms with Gasteiger partial charge in [0.2, 0.25) is 5.91 Å². The molecule has 0 aliphatic rings. The Bertz CT molecular complexity index is 651. The van der Waals surface area contributed by atoms with Gasteiger partial charge in [-0.2, -0.15) is 13.2 Å². The predicted molar refractivity (Wildman–Crippen MR) is 97.5 cm³/mol. The van der Waals surface area contributed by atoms with E-state index in [1.54, 1.807) is 18.2 Å². The zero-order chi connectivity index (χ0) is 20.4. The number of benzene rings is 1. The number of methoxy groups -OCH3 is 1. The standard InChI is InChI=1S/C17H25F3N4O3/c1-5-21-16(22-10-15(25)24(3)11-17(18,19)20)23-12-7-8-13(26-4)14(9-12)27-6-2/h7-9H,5-6,10-11H2,1-4H3,(H2,21,22,23). The van der Waals surface area contributed by atoms with Crippen LogP contribution in [0, 0.1) is 0 Å². The maximum absolute atomic E-state index is 12.4. The number of carbonyl (C=O) groups is 1. The maximum Gasteiger partial charge on any atom is 0.406 e. The number of hydrogen-bond acceptors (Lipinski definition) is 4. The van der Waals surface area contributed by atoms with Crippen LogP contribution in [-0.2, 0) is 4.79 Å². The summed E-state index contributed by atoms with van der Waals surface area (Å²) in [5.74, 6) is 0.614. The van der Waals surface area contributed by atoms with E-state index in [4.69, 9.17) is 9.47 Å². The summed E-state index contributed by atoms with van der Waals surface area (Å²) in [6, 6.07) is 5.14. The summed E-state index contributed by atoms with van der Waals surface area (Å²) in [5.41, 5.74) is 0.620. The lowest BCUT2D eigenvalue weighted by Crippen LogP contribution is -2.38. The van der Waals surface area contributed by atoms with Crippen LogP contribution < -0.4 is 20.1 Å². The fourth-order valence-electron chi connectivity index (χ4n) is 2.09. The second-order valence-corrected chi connectivity index (χ2v) is 5.48. The molecule has 1 rings (SSSR count). The van der Waals surface area contributed by atoms with Gasteiger partial charge < -0.3 is 25.0 Å². The van der Waals surface area contributed by atoms with Gasteiger partial charge in [0.15, 0.2) is 17.5 Å². The zero-order valence-corrected chi connectivity index (χ0v) is 15.8. The van der Waals surface area contributed by atoms with Crippen molar-refractivity contribution in [2.75, 3.05) is 45.7 Å². The molecule has 0 unspecified atom stereocenters. The molecule has 7 nitrogen and oxygen atoms in total. The van der Waals surface area contributed by atoms with E-state index >= 15 is 0 Å². The second kappa shape index (κ2) is 10.5. The van der Waals surface area contributed by atoms with E-state index in [1.807, 2.05) is 13.8 Å². The molecule has 1 aromatic rings. The van der Waals surface area contributed by atoms with Gasteiger partial charge in [0.25, 0.3) is 0 Å². The van der Waals surface area contributed by atoms with E-state index in [1.165, 1.54) is 7.11 Å². The number of anilines is 1. The highest BCUT2D eigenvalue weighted by Crippen LogP contribution is 2.30. The normalized spacial score (nSPS) is 11.7. The van der Waals surface area contributed by atoms with Crippen molar-refractivity contribution in [3.8, 4) is 11.5 Å². The van der Waals surface area contributed by atoms with Gasteiger partial charge in [-0.1, -0.05) is 0 Å². The molecule has 2 N–H and O–H groups in total. The number of hydrogen-bond donors (Lipinski definition) is 2. The van der Waals surface area contributed by atoms with E-state index in [0.717, 1.165) is 7.05 Å². The molecule has 0 atom stereocenters. The molecule has 0 saturated carbocycles. The largest absolute Gasteiger partial charge is 0.493 e. The maximum atomic E-state index is 12.4. The van der Waals surface area contributed by atoms with Gasteiger partial charge in [-0.05, 0) is 26.0 Å². The Morgan fingerprint density at radius 3 is 2.52 bits per heavy atom. The fraction of sp³-hybridized carbons (Fsp3) is 0.529. The van der Waals surface area contributed by atoms with Crippen LogP contribution in [0.5, 0.6) is 11.5 Å². The molecule has 27 heavy (non-hydrogen) atoms. The monoisotopic (exact) mass is 390 g/mol. The van der Waals surface area contributed by atoms with Gasteiger partial charge in [-0.15, -0.1) is 0 Å². The molecule has 0 aromatic heterocycles. The van der Waals surface area contributed by atoms with Crippen LogP contribution in [-0.4, -0.2) is 63.3 Å². The van der Waals surface area contributed by atoms with E-state index < -0.39 is 25.2 Å². The zero-order valence-electron chi connectivity index (χ0n) is 15.8. The fourth-order valence-corrected chi connectivity index (χ4v) is 2.09. The summed E-state index contributed by atoms with van der Waals surface area (Å²) < 4.78 is 47.8. The van der Waals surface area contributed by atoms with Crippen molar-refractivity contribution in [3.63, 3.8) is 0 Å². The van der Waals surface area contributed by atoms with Gasteiger partial charge in [0.05, 0.1) is 13.7 Å². The minimum atomic E-state index is -4.45. The second-order valence-electron chi connectivity index (χ2n) is 5.48. The Kier molecular flexibility index (Phi) is 8.70. The summed E-state index contributed by atoms with van der Waals surface area (Å²) in [4.78, 5) is 16.5. The average Bonchev–Trinajstić information content (AvgIpc) is 2.58. The number of rotatable bonds is 8. The van der Waals surface area contributed by atoms with Crippen LogP contribution in [0.1, 0.15) is 13.8 Å². The van der Waals surface area contributed by atoms with Gasteiger partial charge >= 0.3 is 6.18 Å². The number of aliphatic imine (C=N–C) groups is 1. The smallest absolute Gasteiger partial charge is 0.406 e. The minimum absolute atomic E-state index is 0.263. The lowest BCUT2D eigenvalue weighted by atomic mass is 10.2. The van der Waals surface area contributed by atoms with Crippen molar-refractivity contribution in [2.45, 2.75) is 20.0 Å². The Morgan fingerprint density at radius 1 is 1.26 bits per heavy atom. The number of guanidine groups is 1. The van der Waals surface area contributed by atoms with E-state index in [0.29, 0.717) is 35.2 Å². The number of halogens is 3. The van der Waals surface area contributed by atoms with Gasteiger partial charge in [0, 0.05) is 25.3 Å². The Hall–Kier alpha value is -2.65. The molecule has 10 heteroatoms. The number of alkyl halides is 3. The molecule has 152 valence electrons. The van der Waals surface area contributed by atoms with Crippen molar-refractivity contribution in [3.05, 3.63) is 18.2 Å². The third kappa shape index (κ3) is 8.06. The lowest BCUT2D eigenvalue weighted by Gasteiger charge is -2.18. The van der Waals surface area contributed by atoms with Crippen LogP contribution in [0.15, 0.2) is 23.2 Å². The summed E-state index contributed by atoms with van der Waals surface area (Å²) in [5, 5.41) is 5.91. The molecular formula is C17H25F3N4O3. The Morgan fingerprint density at radius 2 is 1.96 bits per heavy atom. The first kappa shape index (κ1) is 22.4. The molecule has 0 saturated heterocycles. The third-order valence-corrected chi connectivity index (χ3v) is 3.29. The first-order valence-electron chi connectivity index (χ1n) is 8.37. The summed E-state index contributed by atoms with van der Waals surface area (Å²) in [6.07, 6.45) is -4.45. The summed E-state index contributed by atoms with van der Waals surface area (Å²) >= 11 is 0. The van der Waals surface area contributed by atoms with Crippen LogP contribution in [0.4, 0.5) is 18.9 Å². The highest BCUT2D eigenvalue weighted by molar-refractivity contribution is 5.95. The number of nitrogens with one attached hydrogen (secondary N) is 2. The quantitative estimate of drug-likeness (QED) is 0.527. The third-order valence-electron chi connectivity index (χ3n) is 3.29. The first-order valence-corrected chi connectivity index (χ1v) is 8.37. The SMILES string of the molecule is CCNC(=NCC(=O)N(C)CC(F)(F)F)Nc1ccc(OC)c(OCC)c1. The molecule has 0 fully saturated rings. The average molecular weight is 390 g/mol. The molecular weight excluding hydrogens is 365 g/mol. The highest BCUT2D eigenvalue weighted by Gasteiger charge is 2.31. The van der Waals surface area contributed by atoms with E-state index in [-0.39, 0.29) is 5.96 Å². The van der Waals surface area contributed by atoms with Crippen LogP contribution in [0.3, 0.4) is 0 Å². The number of ether oxygens (including phenoxy) is 2. The number of likely N-dealkylation sites (N-methyl/N-ethyl adjacent to an activating group) is 1. The molecule has 0 spiro atoms. The molecule has 0 heterocycles. The van der Waals surface area contributed by atoms with Crippen LogP contribution in [0.2, 0.25) is 0 Å². The minimum Gasteiger partial charge on any atom is -0.493 e. The predicted octanol–water partition coefficient (Wildman–Crippen LogP) is 2.49. The topological polar surface area (TPSA) is 75.2 Å². The van der Waals surface area contributed by atoms with Gasteiger partial charge in [-0.25, -0.2) is 4.99 Å². The molecule has 0 aliphatic heterocycles. The molecule has 0 radical (unpaired) electrons. The van der Waals surface area contributed by atoms with Crippen molar-refractivity contribution < 1.29 is 27.4 Å².